The number of hydrogen-bond acceptors (Lipinski definition) is 6. The van der Waals surface area contributed by atoms with Crippen molar-refractivity contribution >= 4 is 7.94 Å². The summed E-state index contributed by atoms with van der Waals surface area (Å²) in [6.07, 6.45) is 0.839. The second kappa shape index (κ2) is 7.11. The van der Waals surface area contributed by atoms with Crippen LogP contribution in [-0.4, -0.2) is 35.3 Å². The molecule has 0 aliphatic carbocycles. The molecule has 3 N–H and O–H groups in total. The van der Waals surface area contributed by atoms with Crippen LogP contribution in [0.5, 0.6) is 0 Å². The van der Waals surface area contributed by atoms with Gasteiger partial charge in [0.15, 0.2) is 0 Å². The van der Waals surface area contributed by atoms with E-state index >= 15 is 0 Å². The zero-order valence-corrected chi connectivity index (χ0v) is 9.27. The van der Waals surface area contributed by atoms with Crippen LogP contribution in [0.2, 0.25) is 0 Å². The van der Waals surface area contributed by atoms with Crippen molar-refractivity contribution in [1.82, 2.24) is 0 Å². The molecule has 0 aromatic heterocycles. The van der Waals surface area contributed by atoms with E-state index in [-0.39, 0.29) is 0 Å². The molecule has 0 atom stereocenters. The second-order valence-corrected chi connectivity index (χ2v) is 5.20. The van der Waals surface area contributed by atoms with Gasteiger partial charge in [0.1, 0.15) is 0 Å². The quantitative estimate of drug-likeness (QED) is 0.330. The van der Waals surface area contributed by atoms with Gasteiger partial charge in [-0.2, -0.15) is 0 Å². The van der Waals surface area contributed by atoms with Crippen LogP contribution in [0.25, 0.3) is 0 Å². The molecule has 0 aliphatic rings. The normalized spacial score (nSPS) is 12.4. The van der Waals surface area contributed by atoms with Crippen molar-refractivity contribution in [2.45, 2.75) is 13.8 Å². The maximum absolute atomic E-state index is 8.99. The molecule has 14 heavy (non-hydrogen) atoms. The Bertz CT molecular complexity index is 173. The molecule has 0 aromatic rings. The summed E-state index contributed by atoms with van der Waals surface area (Å²) in [5.41, 5.74) is 0.846. The van der Waals surface area contributed by atoms with Crippen molar-refractivity contribution in [3.63, 3.8) is 0 Å². The maximum atomic E-state index is 8.99. The van der Waals surface area contributed by atoms with Crippen LogP contribution in [0, 0.1) is 0 Å². The molecular formula is C7H17O6P. The average molecular weight is 228 g/mol. The van der Waals surface area contributed by atoms with Crippen LogP contribution in [0.1, 0.15) is 13.8 Å². The summed E-state index contributed by atoms with van der Waals surface area (Å²) in [5.74, 6) is 0. The fourth-order valence-electron chi connectivity index (χ4n) is 0.643. The van der Waals surface area contributed by atoms with Gasteiger partial charge in [-0.25, -0.2) is 0 Å². The molecule has 6 nitrogen and oxygen atoms in total. The van der Waals surface area contributed by atoms with E-state index in [1.807, 2.05) is 0 Å². The minimum atomic E-state index is -3.35. The Morgan fingerprint density at radius 1 is 1.14 bits per heavy atom. The van der Waals surface area contributed by atoms with Crippen LogP contribution in [-0.2, 0) is 13.6 Å². The molecule has 0 bridgehead atoms. The molecule has 86 valence electrons. The Morgan fingerprint density at radius 3 is 1.93 bits per heavy atom. The van der Waals surface area contributed by atoms with Crippen LogP contribution in [0.3, 0.4) is 0 Å². The standard InChI is InChI=1S/C7H17O6P/c1-7(2)3-11-14(6-10,12-4-8)13-5-9/h3,8-10,14H,4-6H2,1-2H3. The van der Waals surface area contributed by atoms with Gasteiger partial charge in [-0.3, -0.25) is 0 Å². The van der Waals surface area contributed by atoms with E-state index in [0.717, 1.165) is 5.57 Å². The van der Waals surface area contributed by atoms with E-state index in [9.17, 15) is 0 Å². The van der Waals surface area contributed by atoms with E-state index in [0.29, 0.717) is 0 Å². The first kappa shape index (κ1) is 13.8. The summed E-state index contributed by atoms with van der Waals surface area (Å²) < 4.78 is 14.6. The van der Waals surface area contributed by atoms with Gasteiger partial charge in [-0.15, -0.1) is 0 Å². The van der Waals surface area contributed by atoms with E-state index in [1.54, 1.807) is 13.8 Å². The Morgan fingerprint density at radius 2 is 1.64 bits per heavy atom. The third kappa shape index (κ3) is 4.85. The summed E-state index contributed by atoms with van der Waals surface area (Å²) in [5, 5.41) is 26.1. The number of rotatable bonds is 7. The molecule has 0 aromatic carbocycles. The zero-order chi connectivity index (χ0) is 11.0. The summed E-state index contributed by atoms with van der Waals surface area (Å²) >= 11 is 0. The van der Waals surface area contributed by atoms with Crippen molar-refractivity contribution < 1.29 is 28.9 Å². The van der Waals surface area contributed by atoms with Gasteiger partial charge in [0, 0.05) is 0 Å². The summed E-state index contributed by atoms with van der Waals surface area (Å²) in [6.45, 7) is 2.30. The molecule has 7 heteroatoms. The summed E-state index contributed by atoms with van der Waals surface area (Å²) in [4.78, 5) is 0. The molecular weight excluding hydrogens is 211 g/mol. The Kier molecular flexibility index (Phi) is 7.00. The molecule has 0 amide bonds. The first-order valence-electron chi connectivity index (χ1n) is 4.02. The van der Waals surface area contributed by atoms with Gasteiger partial charge in [0.25, 0.3) is 0 Å². The predicted octanol–water partition coefficient (Wildman–Crippen LogP) is 0.304. The topological polar surface area (TPSA) is 88.4 Å². The van der Waals surface area contributed by atoms with Gasteiger partial charge < -0.3 is 0 Å². The summed E-state index contributed by atoms with van der Waals surface area (Å²) in [6, 6.07) is 0. The first-order valence-corrected chi connectivity index (χ1v) is 5.95. The molecule has 0 spiro atoms. The third-order valence-corrected chi connectivity index (χ3v) is 3.24. The van der Waals surface area contributed by atoms with Crippen molar-refractivity contribution in [2.75, 3.05) is 19.9 Å². The molecule has 0 unspecified atom stereocenters. The predicted molar refractivity (Wildman–Crippen MR) is 52.3 cm³/mol. The Labute approximate surface area is 83.3 Å². The number of aliphatic hydroxyl groups is 3. The SMILES string of the molecule is CC(C)=CO[PH](CO)(OCO)OCO. The molecule has 0 radical (unpaired) electrons. The molecule has 0 saturated heterocycles. The number of aliphatic hydroxyl groups excluding tert-OH is 3. The molecule has 0 saturated carbocycles. The van der Waals surface area contributed by atoms with Gasteiger partial charge in [0.2, 0.25) is 0 Å². The first-order chi connectivity index (χ1) is 6.60. The van der Waals surface area contributed by atoms with E-state index in [2.05, 4.69) is 0 Å². The minimum absolute atomic E-state index is 0.516. The molecule has 0 fully saturated rings. The van der Waals surface area contributed by atoms with Gasteiger partial charge in [-0.1, -0.05) is 0 Å². The average Bonchev–Trinajstić information content (AvgIpc) is 2.15. The molecule has 0 rings (SSSR count). The Balaban J connectivity index is 4.40. The fourth-order valence-corrected chi connectivity index (χ4v) is 1.93. The number of hydrogen-bond donors (Lipinski definition) is 3. The van der Waals surface area contributed by atoms with Crippen LogP contribution < -0.4 is 0 Å². The second-order valence-electron chi connectivity index (χ2n) is 2.70. The van der Waals surface area contributed by atoms with Gasteiger partial charge in [0.05, 0.1) is 0 Å². The Hall–Kier alpha value is -0.230. The van der Waals surface area contributed by atoms with Crippen molar-refractivity contribution in [2.24, 2.45) is 0 Å². The molecule has 0 aliphatic heterocycles. The van der Waals surface area contributed by atoms with Gasteiger partial charge >= 0.3 is 82.5 Å². The summed E-state index contributed by atoms with van der Waals surface area (Å²) in [7, 11) is -3.35. The van der Waals surface area contributed by atoms with Gasteiger partial charge in [-0.05, 0) is 0 Å². The van der Waals surface area contributed by atoms with Crippen molar-refractivity contribution in [3.8, 4) is 0 Å². The third-order valence-electron chi connectivity index (χ3n) is 1.24. The van der Waals surface area contributed by atoms with Crippen LogP contribution in [0.4, 0.5) is 0 Å². The molecule has 0 heterocycles. The monoisotopic (exact) mass is 228 g/mol. The number of allylic oxidation sites excluding steroid dienone is 1. The van der Waals surface area contributed by atoms with E-state index in [1.165, 1.54) is 6.26 Å². The van der Waals surface area contributed by atoms with E-state index < -0.39 is 27.9 Å². The zero-order valence-electron chi connectivity index (χ0n) is 8.27. The van der Waals surface area contributed by atoms with Crippen LogP contribution >= 0.6 is 7.94 Å². The van der Waals surface area contributed by atoms with Crippen LogP contribution in [0.15, 0.2) is 11.8 Å². The van der Waals surface area contributed by atoms with Crippen molar-refractivity contribution in [1.29, 1.82) is 0 Å². The van der Waals surface area contributed by atoms with Crippen molar-refractivity contribution in [3.05, 3.63) is 11.8 Å². The van der Waals surface area contributed by atoms with E-state index in [4.69, 9.17) is 28.9 Å². The fraction of sp³-hybridized carbons (Fsp3) is 0.714.